The van der Waals surface area contributed by atoms with Crippen molar-refractivity contribution in [2.75, 3.05) is 14.2 Å². The Morgan fingerprint density at radius 2 is 1.78 bits per heavy atom. The second-order valence-corrected chi connectivity index (χ2v) is 3.78. The number of benzene rings is 1. The second-order valence-electron chi connectivity index (χ2n) is 3.78. The molecule has 0 aliphatic heterocycles. The van der Waals surface area contributed by atoms with Crippen LogP contribution in [0.2, 0.25) is 0 Å². The molecule has 0 aliphatic carbocycles. The van der Waals surface area contributed by atoms with Crippen LogP contribution in [-0.2, 0) is 13.6 Å². The Morgan fingerprint density at radius 3 is 2.22 bits per heavy atom. The quantitative estimate of drug-likeness (QED) is 0.872. The lowest BCUT2D eigenvalue weighted by Crippen LogP contribution is -1.99. The van der Waals surface area contributed by atoms with Gasteiger partial charge in [-0.05, 0) is 12.1 Å². The predicted molar refractivity (Wildman–Crippen MR) is 67.4 cm³/mol. The van der Waals surface area contributed by atoms with E-state index < -0.39 is 0 Å². The van der Waals surface area contributed by atoms with Gasteiger partial charge in [0.15, 0.2) is 11.6 Å². The van der Waals surface area contributed by atoms with Gasteiger partial charge in [0.05, 0.1) is 20.8 Å². The van der Waals surface area contributed by atoms with Crippen molar-refractivity contribution in [3.63, 3.8) is 0 Å². The van der Waals surface area contributed by atoms with E-state index in [1.807, 2.05) is 25.2 Å². The van der Waals surface area contributed by atoms with Gasteiger partial charge in [-0.1, -0.05) is 0 Å². The molecule has 0 bridgehead atoms. The number of hydrogen-bond donors (Lipinski definition) is 1. The average molecular weight is 248 g/mol. The summed E-state index contributed by atoms with van der Waals surface area (Å²) >= 11 is 0. The van der Waals surface area contributed by atoms with E-state index in [-0.39, 0.29) is 0 Å². The van der Waals surface area contributed by atoms with Gasteiger partial charge in [-0.3, -0.25) is 0 Å². The largest absolute Gasteiger partial charge is 0.497 e. The van der Waals surface area contributed by atoms with Gasteiger partial charge in [0.1, 0.15) is 11.5 Å². The molecule has 0 radical (unpaired) electrons. The van der Waals surface area contributed by atoms with Crippen molar-refractivity contribution in [1.82, 2.24) is 14.8 Å². The number of methoxy groups -OCH3 is 2. The van der Waals surface area contributed by atoms with E-state index in [4.69, 9.17) is 15.2 Å². The molecule has 96 valence electrons. The van der Waals surface area contributed by atoms with Gasteiger partial charge < -0.3 is 15.2 Å². The number of ether oxygens (including phenoxy) is 2. The van der Waals surface area contributed by atoms with Crippen LogP contribution >= 0.6 is 0 Å². The van der Waals surface area contributed by atoms with Gasteiger partial charge in [-0.2, -0.15) is 5.10 Å². The highest BCUT2D eigenvalue weighted by molar-refractivity contribution is 5.61. The van der Waals surface area contributed by atoms with Crippen LogP contribution in [0.25, 0.3) is 11.4 Å². The lowest BCUT2D eigenvalue weighted by molar-refractivity contribution is 0.394. The van der Waals surface area contributed by atoms with E-state index >= 15 is 0 Å². The maximum absolute atomic E-state index is 5.53. The van der Waals surface area contributed by atoms with Crippen LogP contribution in [0.5, 0.6) is 11.5 Å². The Kier molecular flexibility index (Phi) is 3.47. The molecule has 0 spiro atoms. The topological polar surface area (TPSA) is 75.2 Å². The van der Waals surface area contributed by atoms with Crippen LogP contribution < -0.4 is 15.2 Å². The monoisotopic (exact) mass is 248 g/mol. The Bertz CT molecular complexity index is 529. The third kappa shape index (κ3) is 2.28. The summed E-state index contributed by atoms with van der Waals surface area (Å²) in [6.07, 6.45) is 0. The van der Waals surface area contributed by atoms with Crippen molar-refractivity contribution in [1.29, 1.82) is 0 Å². The maximum atomic E-state index is 5.53. The molecule has 1 aromatic carbocycles. The molecule has 18 heavy (non-hydrogen) atoms. The van der Waals surface area contributed by atoms with E-state index in [0.29, 0.717) is 23.9 Å². The molecular weight excluding hydrogens is 232 g/mol. The fourth-order valence-electron chi connectivity index (χ4n) is 1.71. The first-order valence-corrected chi connectivity index (χ1v) is 5.51. The molecular formula is C12H16N4O2. The van der Waals surface area contributed by atoms with E-state index in [0.717, 1.165) is 11.4 Å². The molecule has 1 heterocycles. The zero-order chi connectivity index (χ0) is 13.1. The predicted octanol–water partition coefficient (Wildman–Crippen LogP) is 0.958. The summed E-state index contributed by atoms with van der Waals surface area (Å²) in [7, 11) is 5.05. The van der Waals surface area contributed by atoms with Crippen LogP contribution in [0.4, 0.5) is 0 Å². The number of nitrogens with zero attached hydrogens (tertiary/aromatic N) is 3. The molecule has 1 aromatic heterocycles. The standard InChI is InChI=1S/C12H16N4O2/c1-16-12(14-11(7-13)15-16)8-4-9(17-2)6-10(5-8)18-3/h4-6H,7,13H2,1-3H3. The zero-order valence-electron chi connectivity index (χ0n) is 10.7. The van der Waals surface area contributed by atoms with E-state index in [1.54, 1.807) is 18.9 Å². The number of hydrogen-bond acceptors (Lipinski definition) is 5. The summed E-state index contributed by atoms with van der Waals surface area (Å²) in [6.45, 7) is 0.314. The van der Waals surface area contributed by atoms with Crippen molar-refractivity contribution in [3.8, 4) is 22.9 Å². The molecule has 0 fully saturated rings. The second kappa shape index (κ2) is 5.05. The molecule has 2 N–H and O–H groups in total. The van der Waals surface area contributed by atoms with E-state index in [9.17, 15) is 0 Å². The molecule has 0 amide bonds. The van der Waals surface area contributed by atoms with Crippen LogP contribution in [0.15, 0.2) is 18.2 Å². The normalized spacial score (nSPS) is 10.4. The summed E-state index contributed by atoms with van der Waals surface area (Å²) in [4.78, 5) is 4.37. The number of rotatable bonds is 4. The third-order valence-corrected chi connectivity index (χ3v) is 2.60. The van der Waals surface area contributed by atoms with Gasteiger partial charge in [0.2, 0.25) is 0 Å². The number of aromatic nitrogens is 3. The highest BCUT2D eigenvalue weighted by atomic mass is 16.5. The summed E-state index contributed by atoms with van der Waals surface area (Å²) in [5.41, 5.74) is 6.41. The van der Waals surface area contributed by atoms with Crippen LogP contribution in [0.1, 0.15) is 5.82 Å². The van der Waals surface area contributed by atoms with E-state index in [1.165, 1.54) is 0 Å². The molecule has 2 aromatic rings. The Morgan fingerprint density at radius 1 is 1.17 bits per heavy atom. The Hall–Kier alpha value is -2.08. The first kappa shape index (κ1) is 12.4. The Balaban J connectivity index is 2.51. The van der Waals surface area contributed by atoms with Crippen LogP contribution in [0.3, 0.4) is 0 Å². The minimum absolute atomic E-state index is 0.314. The van der Waals surface area contributed by atoms with Gasteiger partial charge in [-0.25, -0.2) is 9.67 Å². The minimum Gasteiger partial charge on any atom is -0.497 e. The summed E-state index contributed by atoms with van der Waals surface area (Å²) < 4.78 is 12.2. The SMILES string of the molecule is COc1cc(OC)cc(-c2nc(CN)nn2C)c1. The molecule has 0 unspecified atom stereocenters. The minimum atomic E-state index is 0.314. The van der Waals surface area contributed by atoms with Gasteiger partial charge in [0.25, 0.3) is 0 Å². The van der Waals surface area contributed by atoms with Crippen molar-refractivity contribution in [3.05, 3.63) is 24.0 Å². The van der Waals surface area contributed by atoms with Gasteiger partial charge in [-0.15, -0.1) is 0 Å². The fraction of sp³-hybridized carbons (Fsp3) is 0.333. The first-order valence-electron chi connectivity index (χ1n) is 5.51. The summed E-state index contributed by atoms with van der Waals surface area (Å²) in [5, 5.41) is 4.22. The van der Waals surface area contributed by atoms with E-state index in [2.05, 4.69) is 10.1 Å². The van der Waals surface area contributed by atoms with Gasteiger partial charge in [0, 0.05) is 18.7 Å². The molecule has 6 heteroatoms. The fourth-order valence-corrected chi connectivity index (χ4v) is 1.71. The van der Waals surface area contributed by atoms with Crippen molar-refractivity contribution >= 4 is 0 Å². The Labute approximate surface area is 105 Å². The lowest BCUT2D eigenvalue weighted by Gasteiger charge is -2.07. The van der Waals surface area contributed by atoms with Crippen molar-refractivity contribution in [2.45, 2.75) is 6.54 Å². The smallest absolute Gasteiger partial charge is 0.164 e. The van der Waals surface area contributed by atoms with Crippen molar-refractivity contribution in [2.24, 2.45) is 12.8 Å². The molecule has 0 aliphatic rings. The van der Waals surface area contributed by atoms with Gasteiger partial charge >= 0.3 is 0 Å². The summed E-state index contributed by atoms with van der Waals surface area (Å²) in [5.74, 6) is 2.75. The van der Waals surface area contributed by atoms with Crippen molar-refractivity contribution < 1.29 is 9.47 Å². The lowest BCUT2D eigenvalue weighted by atomic mass is 10.2. The average Bonchev–Trinajstić information content (AvgIpc) is 2.79. The molecule has 0 saturated carbocycles. The molecule has 6 nitrogen and oxygen atoms in total. The number of aryl methyl sites for hydroxylation is 1. The van der Waals surface area contributed by atoms with Crippen LogP contribution in [0, 0.1) is 0 Å². The highest BCUT2D eigenvalue weighted by Gasteiger charge is 2.11. The zero-order valence-corrected chi connectivity index (χ0v) is 10.7. The third-order valence-electron chi connectivity index (χ3n) is 2.60. The first-order chi connectivity index (χ1) is 8.67. The summed E-state index contributed by atoms with van der Waals surface area (Å²) in [6, 6.07) is 5.57. The maximum Gasteiger partial charge on any atom is 0.164 e. The number of nitrogens with two attached hydrogens (primary N) is 1. The molecule has 0 atom stereocenters. The van der Waals surface area contributed by atoms with Crippen LogP contribution in [-0.4, -0.2) is 29.0 Å². The highest BCUT2D eigenvalue weighted by Crippen LogP contribution is 2.28. The molecule has 2 rings (SSSR count). The molecule has 0 saturated heterocycles.